The number of hydrogen-bond acceptors (Lipinski definition) is 3. The lowest BCUT2D eigenvalue weighted by Crippen LogP contribution is -2.50. The molecule has 0 radical (unpaired) electrons. The SMILES string of the molecule is CCC(CSC)N1CCNC(c2ccccc2)C1. The van der Waals surface area contributed by atoms with Crippen molar-refractivity contribution in [2.45, 2.75) is 25.4 Å². The molecule has 1 heterocycles. The Hall–Kier alpha value is -0.510. The van der Waals surface area contributed by atoms with Gasteiger partial charge >= 0.3 is 0 Å². The van der Waals surface area contributed by atoms with E-state index >= 15 is 0 Å². The fraction of sp³-hybridized carbons (Fsp3) is 0.600. The van der Waals surface area contributed by atoms with Crippen LogP contribution >= 0.6 is 11.8 Å². The van der Waals surface area contributed by atoms with E-state index in [1.807, 2.05) is 11.8 Å². The fourth-order valence-electron chi connectivity index (χ4n) is 2.69. The smallest absolute Gasteiger partial charge is 0.0449 e. The van der Waals surface area contributed by atoms with Crippen molar-refractivity contribution in [2.24, 2.45) is 0 Å². The Morgan fingerprint density at radius 3 is 2.83 bits per heavy atom. The van der Waals surface area contributed by atoms with Gasteiger partial charge in [0, 0.05) is 37.5 Å². The van der Waals surface area contributed by atoms with Crippen molar-refractivity contribution >= 4 is 11.8 Å². The van der Waals surface area contributed by atoms with E-state index in [9.17, 15) is 0 Å². The summed E-state index contributed by atoms with van der Waals surface area (Å²) >= 11 is 1.96. The standard InChI is InChI=1S/C15H24N2S/c1-3-14(12-18-2)17-10-9-16-15(11-17)13-7-5-4-6-8-13/h4-8,14-16H,3,9-12H2,1-2H3. The second-order valence-electron chi connectivity index (χ2n) is 4.93. The molecule has 1 aromatic rings. The highest BCUT2D eigenvalue weighted by Crippen LogP contribution is 2.20. The molecule has 1 aliphatic heterocycles. The highest BCUT2D eigenvalue weighted by atomic mass is 32.2. The Bertz CT molecular complexity index is 342. The summed E-state index contributed by atoms with van der Waals surface area (Å²) < 4.78 is 0. The highest BCUT2D eigenvalue weighted by molar-refractivity contribution is 7.98. The van der Waals surface area contributed by atoms with Crippen molar-refractivity contribution in [3.8, 4) is 0 Å². The van der Waals surface area contributed by atoms with Crippen LogP contribution in [0.25, 0.3) is 0 Å². The molecule has 2 rings (SSSR count). The van der Waals surface area contributed by atoms with Crippen LogP contribution in [0.1, 0.15) is 24.9 Å². The van der Waals surface area contributed by atoms with Crippen LogP contribution in [-0.2, 0) is 0 Å². The van der Waals surface area contributed by atoms with Crippen LogP contribution in [0, 0.1) is 0 Å². The van der Waals surface area contributed by atoms with Crippen LogP contribution in [0.2, 0.25) is 0 Å². The molecule has 0 bridgehead atoms. The maximum Gasteiger partial charge on any atom is 0.0449 e. The molecule has 1 fully saturated rings. The minimum absolute atomic E-state index is 0.496. The Morgan fingerprint density at radius 1 is 1.39 bits per heavy atom. The van der Waals surface area contributed by atoms with Gasteiger partial charge in [-0.15, -0.1) is 0 Å². The minimum Gasteiger partial charge on any atom is -0.308 e. The van der Waals surface area contributed by atoms with Gasteiger partial charge in [0.2, 0.25) is 0 Å². The number of benzene rings is 1. The van der Waals surface area contributed by atoms with E-state index in [4.69, 9.17) is 0 Å². The molecule has 0 spiro atoms. The van der Waals surface area contributed by atoms with Gasteiger partial charge in [-0.1, -0.05) is 37.3 Å². The van der Waals surface area contributed by atoms with Crippen LogP contribution < -0.4 is 5.32 Å². The minimum atomic E-state index is 0.496. The van der Waals surface area contributed by atoms with Gasteiger partial charge in [0.15, 0.2) is 0 Å². The van der Waals surface area contributed by atoms with Crippen molar-refractivity contribution in [1.29, 1.82) is 0 Å². The first-order valence-corrected chi connectivity index (χ1v) is 8.25. The zero-order valence-electron chi connectivity index (χ0n) is 11.4. The van der Waals surface area contributed by atoms with Gasteiger partial charge in [0.1, 0.15) is 0 Å². The number of hydrogen-bond donors (Lipinski definition) is 1. The molecule has 2 atom stereocenters. The summed E-state index contributed by atoms with van der Waals surface area (Å²) in [4.78, 5) is 2.66. The summed E-state index contributed by atoms with van der Waals surface area (Å²) in [5, 5.41) is 3.64. The van der Waals surface area contributed by atoms with E-state index in [2.05, 4.69) is 53.7 Å². The van der Waals surface area contributed by atoms with Crippen molar-refractivity contribution in [1.82, 2.24) is 10.2 Å². The predicted octanol–water partition coefficient (Wildman–Crippen LogP) is 2.77. The van der Waals surface area contributed by atoms with Gasteiger partial charge in [0.05, 0.1) is 0 Å². The van der Waals surface area contributed by atoms with Gasteiger partial charge < -0.3 is 5.32 Å². The monoisotopic (exact) mass is 264 g/mol. The molecule has 1 N–H and O–H groups in total. The van der Waals surface area contributed by atoms with Crippen LogP contribution in [0.3, 0.4) is 0 Å². The molecule has 0 aromatic heterocycles. The topological polar surface area (TPSA) is 15.3 Å². The van der Waals surface area contributed by atoms with Gasteiger partial charge in [0.25, 0.3) is 0 Å². The van der Waals surface area contributed by atoms with E-state index in [0.29, 0.717) is 6.04 Å². The third-order valence-corrected chi connectivity index (χ3v) is 4.47. The Morgan fingerprint density at radius 2 is 2.17 bits per heavy atom. The van der Waals surface area contributed by atoms with Crippen LogP contribution in [0.5, 0.6) is 0 Å². The summed E-state index contributed by atoms with van der Waals surface area (Å²) in [5.74, 6) is 1.25. The van der Waals surface area contributed by atoms with E-state index in [1.165, 1.54) is 24.3 Å². The number of piperazine rings is 1. The number of thioether (sulfide) groups is 1. The van der Waals surface area contributed by atoms with E-state index in [0.717, 1.165) is 19.1 Å². The third kappa shape index (κ3) is 3.50. The maximum absolute atomic E-state index is 3.64. The first-order chi connectivity index (χ1) is 8.85. The Kier molecular flexibility index (Phi) is 5.54. The maximum atomic E-state index is 3.64. The Labute approximate surface area is 115 Å². The molecule has 0 saturated carbocycles. The number of nitrogens with zero attached hydrogens (tertiary/aromatic N) is 1. The molecular formula is C15H24N2S. The molecule has 3 heteroatoms. The first kappa shape index (κ1) is 13.9. The van der Waals surface area contributed by atoms with Crippen LogP contribution in [0.4, 0.5) is 0 Å². The molecule has 0 amide bonds. The molecule has 0 aliphatic carbocycles. The molecular weight excluding hydrogens is 240 g/mol. The predicted molar refractivity (Wildman–Crippen MR) is 81.2 cm³/mol. The fourth-order valence-corrected chi connectivity index (χ4v) is 3.52. The summed E-state index contributed by atoms with van der Waals surface area (Å²) in [6.45, 7) is 5.73. The van der Waals surface area contributed by atoms with E-state index in [1.54, 1.807) is 0 Å². The molecule has 18 heavy (non-hydrogen) atoms. The van der Waals surface area contributed by atoms with Gasteiger partial charge in [-0.2, -0.15) is 11.8 Å². The Balaban J connectivity index is 2.00. The highest BCUT2D eigenvalue weighted by Gasteiger charge is 2.24. The van der Waals surface area contributed by atoms with Crippen LogP contribution in [0.15, 0.2) is 30.3 Å². The first-order valence-electron chi connectivity index (χ1n) is 6.86. The van der Waals surface area contributed by atoms with Crippen molar-refractivity contribution < 1.29 is 0 Å². The zero-order valence-corrected chi connectivity index (χ0v) is 12.2. The lowest BCUT2D eigenvalue weighted by Gasteiger charge is -2.38. The molecule has 1 aliphatic rings. The molecule has 100 valence electrons. The van der Waals surface area contributed by atoms with E-state index in [-0.39, 0.29) is 0 Å². The normalized spacial score (nSPS) is 22.9. The summed E-state index contributed by atoms with van der Waals surface area (Å²) in [5.41, 5.74) is 1.42. The molecule has 2 unspecified atom stereocenters. The summed E-state index contributed by atoms with van der Waals surface area (Å²) in [6, 6.07) is 12.0. The van der Waals surface area contributed by atoms with Gasteiger partial charge in [-0.3, -0.25) is 4.90 Å². The second-order valence-corrected chi connectivity index (χ2v) is 5.84. The van der Waals surface area contributed by atoms with Crippen molar-refractivity contribution in [3.63, 3.8) is 0 Å². The number of rotatable bonds is 5. The average molecular weight is 264 g/mol. The largest absolute Gasteiger partial charge is 0.308 e. The lowest BCUT2D eigenvalue weighted by atomic mass is 10.0. The van der Waals surface area contributed by atoms with Gasteiger partial charge in [-0.05, 0) is 18.2 Å². The summed E-state index contributed by atoms with van der Waals surface area (Å²) in [7, 11) is 0. The zero-order chi connectivity index (χ0) is 12.8. The van der Waals surface area contributed by atoms with Crippen molar-refractivity contribution in [3.05, 3.63) is 35.9 Å². The molecule has 1 saturated heterocycles. The summed E-state index contributed by atoms with van der Waals surface area (Å²) in [6.07, 6.45) is 3.46. The average Bonchev–Trinajstić information content (AvgIpc) is 2.46. The molecule has 1 aromatic carbocycles. The third-order valence-electron chi connectivity index (χ3n) is 3.76. The van der Waals surface area contributed by atoms with Gasteiger partial charge in [-0.25, -0.2) is 0 Å². The second kappa shape index (κ2) is 7.17. The number of nitrogens with one attached hydrogen (secondary N) is 1. The van der Waals surface area contributed by atoms with Crippen LogP contribution in [-0.4, -0.2) is 42.6 Å². The lowest BCUT2D eigenvalue weighted by molar-refractivity contribution is 0.152. The molecule has 2 nitrogen and oxygen atoms in total. The van der Waals surface area contributed by atoms with Crippen molar-refractivity contribution in [2.75, 3.05) is 31.6 Å². The quantitative estimate of drug-likeness (QED) is 0.880. The van der Waals surface area contributed by atoms with E-state index < -0.39 is 0 Å².